The average molecular weight is 475 g/mol. The molecule has 1 aliphatic rings. The van der Waals surface area contributed by atoms with Crippen LogP contribution in [0.1, 0.15) is 16.9 Å². The van der Waals surface area contributed by atoms with E-state index in [9.17, 15) is 4.79 Å². The van der Waals surface area contributed by atoms with Crippen LogP contribution >= 0.6 is 23.5 Å². The normalized spacial score (nSPS) is 16.0. The van der Waals surface area contributed by atoms with Crippen molar-refractivity contribution in [2.45, 2.75) is 24.1 Å². The van der Waals surface area contributed by atoms with E-state index in [0.717, 1.165) is 16.9 Å². The molecule has 1 saturated heterocycles. The molecule has 1 amide bonds. The Morgan fingerprint density at radius 2 is 1.94 bits per heavy atom. The Bertz CT molecular complexity index is 1390. The first-order chi connectivity index (χ1) is 16.0. The second kappa shape index (κ2) is 9.08. The predicted octanol–water partition coefficient (Wildman–Crippen LogP) is 4.91. The summed E-state index contributed by atoms with van der Waals surface area (Å²) in [6.45, 7) is 4.09. The van der Waals surface area contributed by atoms with Crippen LogP contribution in [0.2, 0.25) is 0 Å². The number of amides is 1. The maximum atomic E-state index is 12.4. The number of hydrogen-bond donors (Lipinski definition) is 1. The second-order valence-electron chi connectivity index (χ2n) is 7.22. The first-order valence-electron chi connectivity index (χ1n) is 10.0. The Labute approximate surface area is 198 Å². The van der Waals surface area contributed by atoms with Gasteiger partial charge in [0.15, 0.2) is 10.3 Å². The fraction of sp³-hybridized carbons (Fsp3) is 0.0870. The molecule has 4 aromatic rings. The van der Waals surface area contributed by atoms with Crippen molar-refractivity contribution >= 4 is 46.4 Å². The number of nitrogens with zero attached hydrogens (tertiary/aromatic N) is 5. The Morgan fingerprint density at radius 1 is 1.09 bits per heavy atom. The highest BCUT2D eigenvalue weighted by Gasteiger charge is 2.24. The van der Waals surface area contributed by atoms with Crippen molar-refractivity contribution in [2.24, 2.45) is 4.99 Å². The molecule has 0 atom stereocenters. The first-order valence-corrected chi connectivity index (χ1v) is 11.7. The van der Waals surface area contributed by atoms with Crippen molar-refractivity contribution in [1.82, 2.24) is 25.5 Å². The summed E-state index contributed by atoms with van der Waals surface area (Å²) in [6.07, 6.45) is 1.70. The molecule has 2 aromatic carbocycles. The number of amidine groups is 1. The van der Waals surface area contributed by atoms with Crippen LogP contribution in [0.5, 0.6) is 0 Å². The van der Waals surface area contributed by atoms with Gasteiger partial charge in [-0.05, 0) is 95.3 Å². The largest absolute Gasteiger partial charge is 0.450 e. The van der Waals surface area contributed by atoms with E-state index < -0.39 is 0 Å². The molecule has 0 bridgehead atoms. The van der Waals surface area contributed by atoms with Crippen molar-refractivity contribution in [2.75, 3.05) is 0 Å². The van der Waals surface area contributed by atoms with Gasteiger partial charge in [-0.3, -0.25) is 4.79 Å². The summed E-state index contributed by atoms with van der Waals surface area (Å²) >= 11 is 2.58. The number of furan rings is 1. The van der Waals surface area contributed by atoms with Gasteiger partial charge in [0.1, 0.15) is 5.76 Å². The van der Waals surface area contributed by atoms with Crippen LogP contribution in [0, 0.1) is 13.8 Å². The number of hydrogen-bond acceptors (Lipinski definition) is 8. The molecule has 8 nitrogen and oxygen atoms in total. The van der Waals surface area contributed by atoms with Gasteiger partial charge >= 0.3 is 0 Å². The summed E-state index contributed by atoms with van der Waals surface area (Å²) in [5.41, 5.74) is 4.01. The smallest absolute Gasteiger partial charge is 0.264 e. The maximum absolute atomic E-state index is 12.4. The third-order valence-electron chi connectivity index (χ3n) is 4.88. The van der Waals surface area contributed by atoms with Crippen LogP contribution < -0.4 is 5.32 Å². The lowest BCUT2D eigenvalue weighted by atomic mass is 10.1. The van der Waals surface area contributed by atoms with Gasteiger partial charge in [-0.2, -0.15) is 4.68 Å². The van der Waals surface area contributed by atoms with Crippen LogP contribution in [-0.2, 0) is 4.79 Å². The van der Waals surface area contributed by atoms with Crippen LogP contribution in [-0.4, -0.2) is 31.3 Å². The standard InChI is InChI=1S/C23H18N6O2S2/c1-14-8-9-16(12-15(14)2)24-22-25-21(30)19(32-22)13-18-10-11-20(31-18)33-23-26-27-28-29(23)17-6-4-3-5-7-17/h3-13H,1-2H3,(H,24,25,30)/b19-13-. The summed E-state index contributed by atoms with van der Waals surface area (Å²) in [5.74, 6) is 0.350. The molecule has 3 heterocycles. The number of benzene rings is 2. The predicted molar refractivity (Wildman–Crippen MR) is 129 cm³/mol. The topological polar surface area (TPSA) is 98.2 Å². The Morgan fingerprint density at radius 3 is 2.76 bits per heavy atom. The summed E-state index contributed by atoms with van der Waals surface area (Å²) in [4.78, 5) is 17.5. The van der Waals surface area contributed by atoms with E-state index in [1.54, 1.807) is 16.8 Å². The van der Waals surface area contributed by atoms with Gasteiger partial charge in [-0.25, -0.2) is 4.99 Å². The molecule has 5 rings (SSSR count). The molecule has 1 fully saturated rings. The van der Waals surface area contributed by atoms with Crippen molar-refractivity contribution in [3.63, 3.8) is 0 Å². The molecule has 10 heteroatoms. The van der Waals surface area contributed by atoms with E-state index in [-0.39, 0.29) is 5.91 Å². The summed E-state index contributed by atoms with van der Waals surface area (Å²) in [7, 11) is 0. The Hall–Kier alpha value is -3.63. The van der Waals surface area contributed by atoms with Gasteiger partial charge in [0.05, 0.1) is 16.3 Å². The monoisotopic (exact) mass is 474 g/mol. The van der Waals surface area contributed by atoms with E-state index in [2.05, 4.69) is 32.8 Å². The minimum absolute atomic E-state index is 0.207. The average Bonchev–Trinajstić information content (AvgIpc) is 3.53. The molecule has 0 radical (unpaired) electrons. The number of thioether (sulfide) groups is 1. The number of carbonyl (C=O) groups is 1. The van der Waals surface area contributed by atoms with Crippen molar-refractivity contribution in [3.8, 4) is 5.69 Å². The zero-order chi connectivity index (χ0) is 22.8. The molecule has 1 aliphatic heterocycles. The van der Waals surface area contributed by atoms with E-state index >= 15 is 0 Å². The molecular weight excluding hydrogens is 456 g/mol. The van der Waals surface area contributed by atoms with Gasteiger partial charge in [0, 0.05) is 6.08 Å². The first kappa shape index (κ1) is 21.2. The van der Waals surface area contributed by atoms with Gasteiger partial charge < -0.3 is 9.73 Å². The lowest BCUT2D eigenvalue weighted by Crippen LogP contribution is -2.19. The molecule has 2 aromatic heterocycles. The minimum atomic E-state index is -0.207. The number of tetrazole rings is 1. The molecule has 1 N–H and O–H groups in total. The molecule has 0 unspecified atom stereocenters. The van der Waals surface area contributed by atoms with E-state index in [1.165, 1.54) is 29.1 Å². The zero-order valence-corrected chi connectivity index (χ0v) is 19.4. The van der Waals surface area contributed by atoms with E-state index in [4.69, 9.17) is 4.42 Å². The van der Waals surface area contributed by atoms with Crippen LogP contribution in [0.3, 0.4) is 0 Å². The SMILES string of the molecule is Cc1ccc(N=C2NC(=O)/C(=C/c3ccc(Sc4nnnn4-c4ccccc4)o3)S2)cc1C. The quantitative estimate of drug-likeness (QED) is 0.410. The maximum Gasteiger partial charge on any atom is 0.264 e. The second-order valence-corrected chi connectivity index (χ2v) is 9.22. The highest BCUT2D eigenvalue weighted by Crippen LogP contribution is 2.32. The Kier molecular flexibility index (Phi) is 5.84. The molecule has 0 spiro atoms. The minimum Gasteiger partial charge on any atom is -0.450 e. The molecule has 0 saturated carbocycles. The lowest BCUT2D eigenvalue weighted by molar-refractivity contribution is -0.115. The van der Waals surface area contributed by atoms with Crippen molar-refractivity contribution in [3.05, 3.63) is 82.5 Å². The third kappa shape index (κ3) is 4.76. The number of aryl methyl sites for hydroxylation is 2. The van der Waals surface area contributed by atoms with Crippen LogP contribution in [0.25, 0.3) is 11.8 Å². The lowest BCUT2D eigenvalue weighted by Gasteiger charge is -2.01. The number of para-hydroxylation sites is 1. The van der Waals surface area contributed by atoms with E-state index in [1.807, 2.05) is 61.5 Å². The van der Waals surface area contributed by atoms with Crippen LogP contribution in [0.4, 0.5) is 5.69 Å². The molecule has 164 valence electrons. The number of rotatable bonds is 5. The number of carbonyl (C=O) groups excluding carboxylic acids is 1. The fourth-order valence-corrected chi connectivity index (χ4v) is 4.63. The fourth-order valence-electron chi connectivity index (χ4n) is 3.05. The Balaban J connectivity index is 1.31. The number of aromatic nitrogens is 4. The van der Waals surface area contributed by atoms with E-state index in [0.29, 0.717) is 26.1 Å². The van der Waals surface area contributed by atoms with Gasteiger partial charge in [0.2, 0.25) is 5.16 Å². The summed E-state index contributed by atoms with van der Waals surface area (Å²) in [5, 5.41) is 16.4. The van der Waals surface area contributed by atoms with Crippen molar-refractivity contribution < 1.29 is 9.21 Å². The van der Waals surface area contributed by atoms with Gasteiger partial charge in [-0.1, -0.05) is 24.3 Å². The number of aliphatic imine (C=N–C) groups is 1. The third-order valence-corrected chi connectivity index (χ3v) is 6.65. The molecule has 0 aliphatic carbocycles. The zero-order valence-electron chi connectivity index (χ0n) is 17.7. The number of nitrogens with one attached hydrogen (secondary N) is 1. The molecular formula is C23H18N6O2S2. The van der Waals surface area contributed by atoms with Gasteiger partial charge in [-0.15, -0.1) is 5.10 Å². The summed E-state index contributed by atoms with van der Waals surface area (Å²) < 4.78 is 7.53. The highest BCUT2D eigenvalue weighted by molar-refractivity contribution is 8.18. The van der Waals surface area contributed by atoms with Crippen LogP contribution in [0.15, 0.2) is 85.2 Å². The van der Waals surface area contributed by atoms with Gasteiger partial charge in [0.25, 0.3) is 5.91 Å². The molecule has 33 heavy (non-hydrogen) atoms. The highest BCUT2D eigenvalue weighted by atomic mass is 32.2. The van der Waals surface area contributed by atoms with Crippen molar-refractivity contribution in [1.29, 1.82) is 0 Å². The summed E-state index contributed by atoms with van der Waals surface area (Å²) in [6, 6.07) is 19.2.